The van der Waals surface area contributed by atoms with Crippen LogP contribution in [0.5, 0.6) is 0 Å². The van der Waals surface area contributed by atoms with Gasteiger partial charge in [-0.25, -0.2) is 9.67 Å². The average molecular weight is 326 g/mol. The highest BCUT2D eigenvalue weighted by Gasteiger charge is 2.19. The van der Waals surface area contributed by atoms with Crippen LogP contribution in [0.3, 0.4) is 0 Å². The molecule has 0 bridgehead atoms. The Hall–Kier alpha value is -2.63. The zero-order valence-electron chi connectivity index (χ0n) is 14.7. The molecule has 0 aliphatic carbocycles. The van der Waals surface area contributed by atoms with E-state index >= 15 is 0 Å². The maximum Gasteiger partial charge on any atom is 0.252 e. The van der Waals surface area contributed by atoms with Gasteiger partial charge in [0.05, 0.1) is 22.8 Å². The van der Waals surface area contributed by atoms with E-state index in [1.165, 1.54) is 0 Å². The van der Waals surface area contributed by atoms with Gasteiger partial charge in [0.15, 0.2) is 5.65 Å². The number of pyridine rings is 1. The molecule has 0 saturated carbocycles. The maximum absolute atomic E-state index is 12.5. The van der Waals surface area contributed by atoms with Crippen LogP contribution in [-0.2, 0) is 0 Å². The number of carbonyl (C=O) groups excluding carboxylic acids is 1. The van der Waals surface area contributed by atoms with Gasteiger partial charge >= 0.3 is 0 Å². The van der Waals surface area contributed by atoms with Gasteiger partial charge in [-0.3, -0.25) is 4.79 Å². The third-order valence-electron chi connectivity index (χ3n) is 3.95. The fraction of sp³-hybridized carbons (Fsp3) is 0.389. The predicted molar refractivity (Wildman–Crippen MR) is 93.1 cm³/mol. The molecule has 0 fully saturated rings. The summed E-state index contributed by atoms with van der Waals surface area (Å²) in [6.07, 6.45) is 1.71. The third kappa shape index (κ3) is 2.68. The SMILES string of the molecule is CCNC(=O)c1cc(-c2cc(C)oc2C)nc2c1cnn2C(C)C. The smallest absolute Gasteiger partial charge is 0.252 e. The van der Waals surface area contributed by atoms with Crippen molar-refractivity contribution in [1.82, 2.24) is 20.1 Å². The summed E-state index contributed by atoms with van der Waals surface area (Å²) in [5, 5.41) is 8.04. The summed E-state index contributed by atoms with van der Waals surface area (Å²) in [5.41, 5.74) is 2.92. The molecule has 0 aliphatic heterocycles. The van der Waals surface area contributed by atoms with Crippen LogP contribution in [0.15, 0.2) is 22.7 Å². The molecule has 3 aromatic rings. The third-order valence-corrected chi connectivity index (χ3v) is 3.95. The number of hydrogen-bond donors (Lipinski definition) is 1. The van der Waals surface area contributed by atoms with Crippen LogP contribution >= 0.6 is 0 Å². The van der Waals surface area contributed by atoms with Crippen LogP contribution in [0.1, 0.15) is 48.7 Å². The minimum absolute atomic E-state index is 0.118. The first-order valence-electron chi connectivity index (χ1n) is 8.16. The minimum Gasteiger partial charge on any atom is -0.466 e. The number of aryl methyl sites for hydroxylation is 2. The van der Waals surface area contributed by atoms with E-state index in [0.717, 1.165) is 28.2 Å². The van der Waals surface area contributed by atoms with E-state index in [-0.39, 0.29) is 11.9 Å². The first kappa shape index (κ1) is 16.2. The van der Waals surface area contributed by atoms with Crippen LogP contribution in [-0.4, -0.2) is 27.2 Å². The number of amides is 1. The molecule has 0 atom stereocenters. The summed E-state index contributed by atoms with van der Waals surface area (Å²) in [6.45, 7) is 10.4. The van der Waals surface area contributed by atoms with E-state index in [1.807, 2.05) is 51.4 Å². The first-order valence-corrected chi connectivity index (χ1v) is 8.16. The summed E-state index contributed by atoms with van der Waals surface area (Å²) < 4.78 is 7.46. The average Bonchev–Trinajstić information content (AvgIpc) is 3.09. The molecule has 0 spiro atoms. The highest BCUT2D eigenvalue weighted by Crippen LogP contribution is 2.29. The van der Waals surface area contributed by atoms with Gasteiger partial charge in [-0.15, -0.1) is 0 Å². The molecule has 3 aromatic heterocycles. The maximum atomic E-state index is 12.5. The summed E-state index contributed by atoms with van der Waals surface area (Å²) in [5.74, 6) is 1.49. The molecule has 3 rings (SSSR count). The topological polar surface area (TPSA) is 73.0 Å². The summed E-state index contributed by atoms with van der Waals surface area (Å²) in [6, 6.07) is 3.91. The largest absolute Gasteiger partial charge is 0.466 e. The molecule has 0 unspecified atom stereocenters. The number of rotatable bonds is 4. The van der Waals surface area contributed by atoms with Crippen molar-refractivity contribution in [3.05, 3.63) is 35.4 Å². The molecular formula is C18H22N4O2. The van der Waals surface area contributed by atoms with Crippen molar-refractivity contribution in [3.8, 4) is 11.3 Å². The highest BCUT2D eigenvalue weighted by atomic mass is 16.3. The molecule has 6 heteroatoms. The lowest BCUT2D eigenvalue weighted by Gasteiger charge is -2.10. The minimum atomic E-state index is -0.118. The fourth-order valence-corrected chi connectivity index (χ4v) is 2.86. The molecule has 1 N–H and O–H groups in total. The Labute approximate surface area is 140 Å². The quantitative estimate of drug-likeness (QED) is 0.794. The fourth-order valence-electron chi connectivity index (χ4n) is 2.86. The van der Waals surface area contributed by atoms with Gasteiger partial charge < -0.3 is 9.73 Å². The zero-order chi connectivity index (χ0) is 17.4. The summed E-state index contributed by atoms with van der Waals surface area (Å²) >= 11 is 0. The van der Waals surface area contributed by atoms with Crippen molar-refractivity contribution in [3.63, 3.8) is 0 Å². The highest BCUT2D eigenvalue weighted by molar-refractivity contribution is 6.06. The molecule has 126 valence electrons. The zero-order valence-corrected chi connectivity index (χ0v) is 14.7. The number of nitrogens with zero attached hydrogens (tertiary/aromatic N) is 3. The number of fused-ring (bicyclic) bond motifs is 1. The lowest BCUT2D eigenvalue weighted by molar-refractivity contribution is 0.0957. The number of furan rings is 1. The van der Waals surface area contributed by atoms with Crippen molar-refractivity contribution in [2.45, 2.75) is 40.7 Å². The molecule has 3 heterocycles. The lowest BCUT2D eigenvalue weighted by atomic mass is 10.1. The Morgan fingerprint density at radius 3 is 2.67 bits per heavy atom. The normalized spacial score (nSPS) is 11.4. The molecule has 0 saturated heterocycles. The van der Waals surface area contributed by atoms with E-state index in [9.17, 15) is 4.79 Å². The van der Waals surface area contributed by atoms with E-state index < -0.39 is 0 Å². The van der Waals surface area contributed by atoms with E-state index in [1.54, 1.807) is 6.20 Å². The number of aromatic nitrogens is 3. The van der Waals surface area contributed by atoms with Gasteiger partial charge in [0.25, 0.3) is 5.91 Å². The first-order chi connectivity index (χ1) is 11.4. The van der Waals surface area contributed by atoms with Crippen LogP contribution in [0.4, 0.5) is 0 Å². The Morgan fingerprint density at radius 1 is 1.33 bits per heavy atom. The second-order valence-electron chi connectivity index (χ2n) is 6.16. The van der Waals surface area contributed by atoms with Gasteiger partial charge in [0, 0.05) is 18.2 Å². The van der Waals surface area contributed by atoms with Crippen LogP contribution < -0.4 is 5.32 Å². The molecule has 0 aliphatic rings. The van der Waals surface area contributed by atoms with E-state index in [2.05, 4.69) is 10.4 Å². The Kier molecular flexibility index (Phi) is 4.13. The Morgan fingerprint density at radius 2 is 2.08 bits per heavy atom. The molecule has 0 aromatic carbocycles. The summed E-state index contributed by atoms with van der Waals surface area (Å²) in [7, 11) is 0. The number of hydrogen-bond acceptors (Lipinski definition) is 4. The second-order valence-corrected chi connectivity index (χ2v) is 6.16. The van der Waals surface area contributed by atoms with Crippen molar-refractivity contribution >= 4 is 16.9 Å². The molecule has 24 heavy (non-hydrogen) atoms. The van der Waals surface area contributed by atoms with Crippen molar-refractivity contribution in [1.29, 1.82) is 0 Å². The van der Waals surface area contributed by atoms with Crippen molar-refractivity contribution in [2.75, 3.05) is 6.54 Å². The van der Waals surface area contributed by atoms with Gasteiger partial charge in [0.1, 0.15) is 11.5 Å². The van der Waals surface area contributed by atoms with E-state index in [0.29, 0.717) is 17.8 Å². The summed E-state index contributed by atoms with van der Waals surface area (Å²) in [4.78, 5) is 17.3. The van der Waals surface area contributed by atoms with Gasteiger partial charge in [-0.05, 0) is 46.8 Å². The standard InChI is InChI=1S/C18H22N4O2/c1-6-19-18(23)14-8-16(13-7-11(4)24-12(13)5)21-17-15(14)9-20-22(17)10(2)3/h7-10H,6H2,1-5H3,(H,19,23). The van der Waals surface area contributed by atoms with Crippen molar-refractivity contribution < 1.29 is 9.21 Å². The van der Waals surface area contributed by atoms with Crippen LogP contribution in [0.25, 0.3) is 22.3 Å². The number of nitrogens with one attached hydrogen (secondary N) is 1. The van der Waals surface area contributed by atoms with Crippen LogP contribution in [0, 0.1) is 13.8 Å². The predicted octanol–water partition coefficient (Wildman–Crippen LogP) is 3.64. The Balaban J connectivity index is 2.28. The number of carbonyl (C=O) groups is 1. The van der Waals surface area contributed by atoms with Gasteiger partial charge in [0.2, 0.25) is 0 Å². The lowest BCUT2D eigenvalue weighted by Crippen LogP contribution is -2.23. The van der Waals surface area contributed by atoms with E-state index in [4.69, 9.17) is 9.40 Å². The molecule has 0 radical (unpaired) electrons. The van der Waals surface area contributed by atoms with Crippen molar-refractivity contribution in [2.24, 2.45) is 0 Å². The monoisotopic (exact) mass is 326 g/mol. The van der Waals surface area contributed by atoms with Gasteiger partial charge in [-0.1, -0.05) is 0 Å². The molecule has 6 nitrogen and oxygen atoms in total. The van der Waals surface area contributed by atoms with Crippen LogP contribution in [0.2, 0.25) is 0 Å². The second kappa shape index (κ2) is 6.11. The molecule has 1 amide bonds. The molecular weight excluding hydrogens is 304 g/mol. The Bertz CT molecular complexity index is 905. The van der Waals surface area contributed by atoms with Gasteiger partial charge in [-0.2, -0.15) is 5.10 Å².